The number of aromatic nitrogens is 2. The summed E-state index contributed by atoms with van der Waals surface area (Å²) in [5.41, 5.74) is 6.79. The van der Waals surface area contributed by atoms with Gasteiger partial charge in [-0.15, -0.1) is 0 Å². The van der Waals surface area contributed by atoms with Crippen LogP contribution in [0.25, 0.3) is 0 Å². The first-order valence-electron chi connectivity index (χ1n) is 4.68. The molecular formula is C11H10BrN3O. The molecule has 2 heterocycles. The summed E-state index contributed by atoms with van der Waals surface area (Å²) < 4.78 is 0.864. The van der Waals surface area contributed by atoms with Crippen LogP contribution in [0, 0.1) is 0 Å². The lowest BCUT2D eigenvalue weighted by molar-refractivity contribution is 0.215. The Bertz CT molecular complexity index is 487. The third-order valence-corrected chi connectivity index (χ3v) is 2.67. The quantitative estimate of drug-likeness (QED) is 0.881. The van der Waals surface area contributed by atoms with Gasteiger partial charge in [-0.3, -0.25) is 4.98 Å². The highest BCUT2D eigenvalue weighted by Gasteiger charge is 2.14. The molecule has 0 saturated heterocycles. The van der Waals surface area contributed by atoms with E-state index in [0.717, 1.165) is 4.47 Å². The minimum Gasteiger partial charge on any atom is -0.383 e. The van der Waals surface area contributed by atoms with Gasteiger partial charge >= 0.3 is 0 Å². The molecule has 2 aromatic heterocycles. The second-order valence-electron chi connectivity index (χ2n) is 3.28. The highest BCUT2D eigenvalue weighted by molar-refractivity contribution is 9.10. The van der Waals surface area contributed by atoms with E-state index in [1.807, 2.05) is 6.07 Å². The summed E-state index contributed by atoms with van der Waals surface area (Å²) >= 11 is 3.28. The SMILES string of the molecule is Nc1ncccc1C(O)c1ccc(Br)cn1. The van der Waals surface area contributed by atoms with Gasteiger partial charge in [0.1, 0.15) is 11.9 Å². The Morgan fingerprint density at radius 2 is 2.06 bits per heavy atom. The molecule has 2 aromatic rings. The van der Waals surface area contributed by atoms with E-state index in [1.54, 1.807) is 30.6 Å². The van der Waals surface area contributed by atoms with Gasteiger partial charge in [0.05, 0.1) is 5.69 Å². The van der Waals surface area contributed by atoms with E-state index in [0.29, 0.717) is 17.1 Å². The lowest BCUT2D eigenvalue weighted by atomic mass is 10.1. The van der Waals surface area contributed by atoms with E-state index >= 15 is 0 Å². The van der Waals surface area contributed by atoms with Crippen LogP contribution in [0.3, 0.4) is 0 Å². The van der Waals surface area contributed by atoms with Crippen LogP contribution >= 0.6 is 15.9 Å². The Balaban J connectivity index is 2.35. The molecule has 1 atom stereocenters. The molecule has 1 unspecified atom stereocenters. The predicted molar refractivity (Wildman–Crippen MR) is 64.6 cm³/mol. The number of halogens is 1. The van der Waals surface area contributed by atoms with Crippen molar-refractivity contribution >= 4 is 21.7 Å². The molecule has 0 spiro atoms. The maximum absolute atomic E-state index is 10.1. The molecule has 0 aliphatic carbocycles. The van der Waals surface area contributed by atoms with Crippen LogP contribution in [0.15, 0.2) is 41.1 Å². The minimum absolute atomic E-state index is 0.319. The topological polar surface area (TPSA) is 72.0 Å². The monoisotopic (exact) mass is 279 g/mol. The molecule has 5 heteroatoms. The van der Waals surface area contributed by atoms with Crippen molar-refractivity contribution < 1.29 is 5.11 Å². The number of rotatable bonds is 2. The molecule has 0 bridgehead atoms. The summed E-state index contributed by atoms with van der Waals surface area (Å²) in [6.45, 7) is 0. The third-order valence-electron chi connectivity index (χ3n) is 2.20. The van der Waals surface area contributed by atoms with Gasteiger partial charge in [-0.05, 0) is 34.1 Å². The molecule has 4 nitrogen and oxygen atoms in total. The highest BCUT2D eigenvalue weighted by Crippen LogP contribution is 2.24. The molecule has 0 aromatic carbocycles. The van der Waals surface area contributed by atoms with Crippen molar-refractivity contribution in [1.82, 2.24) is 9.97 Å². The van der Waals surface area contributed by atoms with E-state index in [9.17, 15) is 5.11 Å². The molecule has 0 saturated carbocycles. The van der Waals surface area contributed by atoms with Crippen LogP contribution < -0.4 is 5.73 Å². The second kappa shape index (κ2) is 4.59. The van der Waals surface area contributed by atoms with Gasteiger partial charge in [0.15, 0.2) is 0 Å². The highest BCUT2D eigenvalue weighted by atomic mass is 79.9. The predicted octanol–water partition coefficient (Wildman–Crippen LogP) is 1.90. The van der Waals surface area contributed by atoms with Crippen molar-refractivity contribution in [2.24, 2.45) is 0 Å². The van der Waals surface area contributed by atoms with Gasteiger partial charge in [-0.2, -0.15) is 0 Å². The van der Waals surface area contributed by atoms with E-state index < -0.39 is 6.10 Å². The van der Waals surface area contributed by atoms with Gasteiger partial charge in [0.25, 0.3) is 0 Å². The van der Waals surface area contributed by atoms with Gasteiger partial charge < -0.3 is 10.8 Å². The number of nitrogens with zero attached hydrogens (tertiary/aromatic N) is 2. The number of hydrogen-bond donors (Lipinski definition) is 2. The molecule has 0 radical (unpaired) electrons. The van der Waals surface area contributed by atoms with E-state index in [2.05, 4.69) is 25.9 Å². The van der Waals surface area contributed by atoms with E-state index in [-0.39, 0.29) is 0 Å². The van der Waals surface area contributed by atoms with Crippen LogP contribution in [-0.4, -0.2) is 15.1 Å². The summed E-state index contributed by atoms with van der Waals surface area (Å²) in [6.07, 6.45) is 2.37. The summed E-state index contributed by atoms with van der Waals surface area (Å²) in [6, 6.07) is 7.02. The van der Waals surface area contributed by atoms with E-state index in [1.165, 1.54) is 0 Å². The number of hydrogen-bond acceptors (Lipinski definition) is 4. The lowest BCUT2D eigenvalue weighted by Crippen LogP contribution is -2.06. The van der Waals surface area contributed by atoms with Crippen LogP contribution in [0.4, 0.5) is 5.82 Å². The Kier molecular flexibility index (Phi) is 3.17. The van der Waals surface area contributed by atoms with Crippen LogP contribution in [-0.2, 0) is 0 Å². The third kappa shape index (κ3) is 2.20. The zero-order valence-electron chi connectivity index (χ0n) is 8.34. The first-order chi connectivity index (χ1) is 7.68. The summed E-state index contributed by atoms with van der Waals surface area (Å²) in [7, 11) is 0. The van der Waals surface area contributed by atoms with Crippen molar-refractivity contribution in [3.63, 3.8) is 0 Å². The standard InChI is InChI=1S/C11H10BrN3O/c12-7-3-4-9(15-6-7)10(16)8-2-1-5-14-11(8)13/h1-6,10,16H,(H2,13,14). The lowest BCUT2D eigenvalue weighted by Gasteiger charge is -2.11. The Morgan fingerprint density at radius 3 is 2.69 bits per heavy atom. The molecule has 2 rings (SSSR count). The van der Waals surface area contributed by atoms with Gasteiger partial charge in [0, 0.05) is 22.4 Å². The molecule has 0 aliphatic rings. The molecule has 0 fully saturated rings. The van der Waals surface area contributed by atoms with E-state index in [4.69, 9.17) is 5.73 Å². The van der Waals surface area contributed by atoms with Crippen molar-refractivity contribution in [1.29, 1.82) is 0 Å². The largest absolute Gasteiger partial charge is 0.383 e. The average Bonchev–Trinajstić information content (AvgIpc) is 2.30. The molecule has 16 heavy (non-hydrogen) atoms. The van der Waals surface area contributed by atoms with Gasteiger partial charge in [-0.25, -0.2) is 4.98 Å². The van der Waals surface area contributed by atoms with Gasteiger partial charge in [-0.1, -0.05) is 6.07 Å². The number of anilines is 1. The second-order valence-corrected chi connectivity index (χ2v) is 4.20. The number of aliphatic hydroxyl groups is 1. The summed E-state index contributed by atoms with van der Waals surface area (Å²) in [5, 5.41) is 10.1. The zero-order valence-corrected chi connectivity index (χ0v) is 9.92. The van der Waals surface area contributed by atoms with Crippen molar-refractivity contribution in [3.05, 3.63) is 52.4 Å². The number of nitrogen functional groups attached to an aromatic ring is 1. The fraction of sp³-hybridized carbons (Fsp3) is 0.0909. The van der Waals surface area contributed by atoms with Crippen LogP contribution in [0.5, 0.6) is 0 Å². The van der Waals surface area contributed by atoms with Crippen molar-refractivity contribution in [3.8, 4) is 0 Å². The molecule has 0 amide bonds. The normalized spacial score (nSPS) is 12.4. The summed E-state index contributed by atoms with van der Waals surface area (Å²) in [4.78, 5) is 8.04. The first kappa shape index (κ1) is 11.0. The fourth-order valence-corrected chi connectivity index (χ4v) is 1.60. The molecule has 82 valence electrons. The first-order valence-corrected chi connectivity index (χ1v) is 5.47. The fourth-order valence-electron chi connectivity index (χ4n) is 1.37. The summed E-state index contributed by atoms with van der Waals surface area (Å²) in [5.74, 6) is 0.319. The maximum Gasteiger partial charge on any atom is 0.129 e. The number of pyridine rings is 2. The smallest absolute Gasteiger partial charge is 0.129 e. The molecule has 3 N–H and O–H groups in total. The van der Waals surface area contributed by atoms with Gasteiger partial charge in [0.2, 0.25) is 0 Å². The maximum atomic E-state index is 10.1. The zero-order chi connectivity index (χ0) is 11.5. The minimum atomic E-state index is -0.846. The van der Waals surface area contributed by atoms with Crippen LogP contribution in [0.2, 0.25) is 0 Å². The molecular weight excluding hydrogens is 270 g/mol. The number of nitrogens with two attached hydrogens (primary N) is 1. The van der Waals surface area contributed by atoms with Crippen molar-refractivity contribution in [2.45, 2.75) is 6.10 Å². The molecule has 0 aliphatic heterocycles. The number of aliphatic hydroxyl groups excluding tert-OH is 1. The Hall–Kier alpha value is -1.46. The van der Waals surface area contributed by atoms with Crippen LogP contribution in [0.1, 0.15) is 17.4 Å². The van der Waals surface area contributed by atoms with Crippen molar-refractivity contribution in [2.75, 3.05) is 5.73 Å². The Morgan fingerprint density at radius 1 is 1.25 bits per heavy atom. The average molecular weight is 280 g/mol. The Labute approximate surface area is 101 Å².